The largest absolute Gasteiger partial charge is 0.491 e. The molecule has 0 saturated heterocycles. The number of hydrogen-bond donors (Lipinski definition) is 1. The van der Waals surface area contributed by atoms with E-state index in [1.807, 2.05) is 26.0 Å². The van der Waals surface area contributed by atoms with Crippen LogP contribution in [0, 0.1) is 13.8 Å². The van der Waals surface area contributed by atoms with Crippen molar-refractivity contribution in [3.05, 3.63) is 27.7 Å². The zero-order valence-corrected chi connectivity index (χ0v) is 13.5. The summed E-state index contributed by atoms with van der Waals surface area (Å²) in [6.45, 7) is 5.27. The lowest BCUT2D eigenvalue weighted by Crippen LogP contribution is -2.44. The molecule has 1 rings (SSSR count). The first kappa shape index (κ1) is 16.5. The Bertz CT molecular complexity index is 493. The van der Waals surface area contributed by atoms with E-state index in [9.17, 15) is 9.59 Å². The molecule has 0 fully saturated rings. The lowest BCUT2D eigenvalue weighted by molar-refractivity contribution is -0.145. The molecule has 0 spiro atoms. The van der Waals surface area contributed by atoms with Crippen LogP contribution in [0.4, 0.5) is 0 Å². The van der Waals surface area contributed by atoms with Gasteiger partial charge in [-0.25, -0.2) is 4.79 Å². The normalized spacial score (nSPS) is 11.7. The molecular formula is C14H18BrNO4. The first-order valence-corrected chi connectivity index (χ1v) is 6.89. The fourth-order valence-corrected chi connectivity index (χ4v) is 1.95. The Hall–Kier alpha value is -1.56. The van der Waals surface area contributed by atoms with Crippen molar-refractivity contribution in [2.75, 3.05) is 13.7 Å². The Balaban J connectivity index is 2.77. The van der Waals surface area contributed by atoms with E-state index >= 15 is 0 Å². The molecule has 0 radical (unpaired) electrons. The maximum absolute atomic E-state index is 11.5. The number of amides is 1. The number of carbonyl (C=O) groups is 2. The molecule has 0 bridgehead atoms. The standard InChI is InChI=1S/C14H18BrNO4/c1-8-5-11(6-9(2)13(8)15)20-7-12(14(18)19-4)16-10(3)17/h5-6,12H,7H2,1-4H3,(H,16,17). The second-order valence-corrected chi connectivity index (χ2v) is 5.25. The number of aryl methyl sites for hydroxylation is 2. The second-order valence-electron chi connectivity index (χ2n) is 4.46. The number of rotatable bonds is 5. The van der Waals surface area contributed by atoms with Gasteiger partial charge < -0.3 is 14.8 Å². The molecule has 6 heteroatoms. The lowest BCUT2D eigenvalue weighted by Gasteiger charge is -2.17. The molecular weight excluding hydrogens is 326 g/mol. The first-order chi connectivity index (χ1) is 9.35. The van der Waals surface area contributed by atoms with Gasteiger partial charge in [-0.05, 0) is 37.1 Å². The van der Waals surface area contributed by atoms with Crippen molar-refractivity contribution in [1.29, 1.82) is 0 Å². The Morgan fingerprint density at radius 1 is 1.30 bits per heavy atom. The van der Waals surface area contributed by atoms with Gasteiger partial charge in [0, 0.05) is 11.4 Å². The summed E-state index contributed by atoms with van der Waals surface area (Å²) in [6.07, 6.45) is 0. The molecule has 1 unspecified atom stereocenters. The maximum atomic E-state index is 11.5. The topological polar surface area (TPSA) is 64.6 Å². The number of nitrogens with one attached hydrogen (secondary N) is 1. The molecule has 0 heterocycles. The van der Waals surface area contributed by atoms with Gasteiger partial charge in [-0.3, -0.25) is 4.79 Å². The Labute approximate surface area is 126 Å². The summed E-state index contributed by atoms with van der Waals surface area (Å²) in [6, 6.07) is 2.90. The van der Waals surface area contributed by atoms with Crippen LogP contribution in [-0.2, 0) is 14.3 Å². The van der Waals surface area contributed by atoms with Crippen LogP contribution < -0.4 is 10.1 Å². The van der Waals surface area contributed by atoms with Crippen LogP contribution in [0.2, 0.25) is 0 Å². The third kappa shape index (κ3) is 4.52. The molecule has 0 saturated carbocycles. The number of hydrogen-bond acceptors (Lipinski definition) is 4. The summed E-state index contributed by atoms with van der Waals surface area (Å²) >= 11 is 3.47. The van der Waals surface area contributed by atoms with E-state index in [-0.39, 0.29) is 12.5 Å². The van der Waals surface area contributed by atoms with Gasteiger partial charge in [-0.1, -0.05) is 15.9 Å². The predicted molar refractivity (Wildman–Crippen MR) is 78.7 cm³/mol. The SMILES string of the molecule is COC(=O)C(COc1cc(C)c(Br)c(C)c1)NC(C)=O. The van der Waals surface area contributed by atoms with Crippen LogP contribution in [-0.4, -0.2) is 31.6 Å². The molecule has 1 amide bonds. The molecule has 0 aliphatic carbocycles. The molecule has 1 atom stereocenters. The Kier molecular flexibility index (Phi) is 6.01. The summed E-state index contributed by atoms with van der Waals surface area (Å²) < 4.78 is 11.2. The van der Waals surface area contributed by atoms with Crippen molar-refractivity contribution >= 4 is 27.8 Å². The predicted octanol–water partition coefficient (Wildman–Crippen LogP) is 2.12. The molecule has 0 aliphatic heterocycles. The summed E-state index contributed by atoms with van der Waals surface area (Å²) in [5.74, 6) is -0.208. The highest BCUT2D eigenvalue weighted by molar-refractivity contribution is 9.10. The summed E-state index contributed by atoms with van der Waals surface area (Å²) in [7, 11) is 1.27. The van der Waals surface area contributed by atoms with E-state index in [2.05, 4.69) is 26.0 Å². The van der Waals surface area contributed by atoms with E-state index in [0.29, 0.717) is 5.75 Å². The van der Waals surface area contributed by atoms with Crippen molar-refractivity contribution in [3.63, 3.8) is 0 Å². The van der Waals surface area contributed by atoms with Gasteiger partial charge in [-0.2, -0.15) is 0 Å². The fourth-order valence-electron chi connectivity index (χ4n) is 1.73. The second kappa shape index (κ2) is 7.28. The van der Waals surface area contributed by atoms with E-state index in [1.54, 1.807) is 0 Å². The van der Waals surface area contributed by atoms with E-state index < -0.39 is 12.0 Å². The minimum atomic E-state index is -0.818. The number of ether oxygens (including phenoxy) is 2. The Morgan fingerprint density at radius 2 is 1.85 bits per heavy atom. The Morgan fingerprint density at radius 3 is 2.30 bits per heavy atom. The summed E-state index contributed by atoms with van der Waals surface area (Å²) in [5.41, 5.74) is 2.07. The third-order valence-electron chi connectivity index (χ3n) is 2.69. The average Bonchev–Trinajstić information content (AvgIpc) is 2.39. The van der Waals surface area contributed by atoms with Crippen LogP contribution >= 0.6 is 15.9 Å². The fraction of sp³-hybridized carbons (Fsp3) is 0.429. The molecule has 1 aromatic carbocycles. The van der Waals surface area contributed by atoms with Gasteiger partial charge in [0.2, 0.25) is 5.91 Å². The first-order valence-electron chi connectivity index (χ1n) is 6.09. The molecule has 1 aromatic rings. The van der Waals surface area contributed by atoms with Crippen LogP contribution in [0.25, 0.3) is 0 Å². The van der Waals surface area contributed by atoms with Crippen LogP contribution in [0.1, 0.15) is 18.1 Å². The van der Waals surface area contributed by atoms with Gasteiger partial charge in [0.1, 0.15) is 12.4 Å². The quantitative estimate of drug-likeness (QED) is 0.831. The number of esters is 1. The molecule has 0 aromatic heterocycles. The minimum absolute atomic E-state index is 0.0206. The van der Waals surface area contributed by atoms with Crippen molar-refractivity contribution in [2.45, 2.75) is 26.8 Å². The van der Waals surface area contributed by atoms with Crippen molar-refractivity contribution in [2.24, 2.45) is 0 Å². The van der Waals surface area contributed by atoms with Crippen LogP contribution in [0.15, 0.2) is 16.6 Å². The molecule has 1 N–H and O–H groups in total. The van der Waals surface area contributed by atoms with Crippen LogP contribution in [0.5, 0.6) is 5.75 Å². The molecule has 5 nitrogen and oxygen atoms in total. The zero-order chi connectivity index (χ0) is 15.3. The number of carbonyl (C=O) groups excluding carboxylic acids is 2. The number of benzene rings is 1. The van der Waals surface area contributed by atoms with Crippen molar-refractivity contribution < 1.29 is 19.1 Å². The third-order valence-corrected chi connectivity index (χ3v) is 3.94. The molecule has 110 valence electrons. The van der Waals surface area contributed by atoms with Gasteiger partial charge in [-0.15, -0.1) is 0 Å². The summed E-state index contributed by atoms with van der Waals surface area (Å²) in [5, 5.41) is 2.49. The smallest absolute Gasteiger partial charge is 0.331 e. The maximum Gasteiger partial charge on any atom is 0.331 e. The highest BCUT2D eigenvalue weighted by Crippen LogP contribution is 2.26. The monoisotopic (exact) mass is 343 g/mol. The lowest BCUT2D eigenvalue weighted by atomic mass is 10.1. The van der Waals surface area contributed by atoms with E-state index in [4.69, 9.17) is 4.74 Å². The molecule has 20 heavy (non-hydrogen) atoms. The van der Waals surface area contributed by atoms with E-state index in [0.717, 1.165) is 15.6 Å². The zero-order valence-electron chi connectivity index (χ0n) is 12.0. The van der Waals surface area contributed by atoms with Crippen molar-refractivity contribution in [1.82, 2.24) is 5.32 Å². The van der Waals surface area contributed by atoms with Gasteiger partial charge >= 0.3 is 5.97 Å². The summed E-state index contributed by atoms with van der Waals surface area (Å²) in [4.78, 5) is 22.6. The van der Waals surface area contributed by atoms with Crippen LogP contribution in [0.3, 0.4) is 0 Å². The highest BCUT2D eigenvalue weighted by atomic mass is 79.9. The number of methoxy groups -OCH3 is 1. The van der Waals surface area contributed by atoms with Crippen molar-refractivity contribution in [3.8, 4) is 5.75 Å². The highest BCUT2D eigenvalue weighted by Gasteiger charge is 2.21. The average molecular weight is 344 g/mol. The van der Waals surface area contributed by atoms with Gasteiger partial charge in [0.05, 0.1) is 7.11 Å². The van der Waals surface area contributed by atoms with Gasteiger partial charge in [0.25, 0.3) is 0 Å². The number of halogens is 1. The van der Waals surface area contributed by atoms with E-state index in [1.165, 1.54) is 14.0 Å². The van der Waals surface area contributed by atoms with Gasteiger partial charge in [0.15, 0.2) is 6.04 Å². The minimum Gasteiger partial charge on any atom is -0.491 e. The molecule has 0 aliphatic rings.